The minimum atomic E-state index is -0.434. The van der Waals surface area contributed by atoms with Gasteiger partial charge in [-0.25, -0.2) is 4.39 Å². The Morgan fingerprint density at radius 1 is 1.15 bits per heavy atom. The molecule has 0 aliphatic heterocycles. The van der Waals surface area contributed by atoms with Crippen molar-refractivity contribution in [3.63, 3.8) is 0 Å². The number of unbranched alkanes of at least 4 members (excludes halogenated alkanes) is 1. The van der Waals surface area contributed by atoms with E-state index in [1.54, 1.807) is 18.2 Å². The maximum atomic E-state index is 13.0. The van der Waals surface area contributed by atoms with Crippen LogP contribution >= 0.6 is 23.1 Å². The molecule has 170 valence electrons. The highest BCUT2D eigenvalue weighted by Crippen LogP contribution is 2.29. The number of hydrogen-bond acceptors (Lipinski definition) is 8. The number of nitrogens with one attached hydrogen (secondary N) is 1. The predicted molar refractivity (Wildman–Crippen MR) is 126 cm³/mol. The van der Waals surface area contributed by atoms with Gasteiger partial charge in [-0.2, -0.15) is 0 Å². The molecule has 0 saturated heterocycles. The number of hydrogen-bond donors (Lipinski definition) is 1. The van der Waals surface area contributed by atoms with Gasteiger partial charge in [-0.1, -0.05) is 53.7 Å². The van der Waals surface area contributed by atoms with E-state index in [0.29, 0.717) is 27.6 Å². The Hall–Kier alpha value is -3.24. The first kappa shape index (κ1) is 22.9. The number of carbonyl (C=O) groups excluding carboxylic acids is 1. The van der Waals surface area contributed by atoms with Crippen molar-refractivity contribution in [3.05, 3.63) is 71.7 Å². The Morgan fingerprint density at radius 2 is 1.94 bits per heavy atom. The molecule has 2 aromatic carbocycles. The van der Waals surface area contributed by atoms with Crippen molar-refractivity contribution in [1.82, 2.24) is 15.4 Å². The van der Waals surface area contributed by atoms with E-state index >= 15 is 0 Å². The summed E-state index contributed by atoms with van der Waals surface area (Å²) in [5, 5.41) is 15.0. The monoisotopic (exact) mass is 484 g/mol. The second-order valence-corrected chi connectivity index (χ2v) is 9.25. The molecule has 10 heteroatoms. The average Bonchev–Trinajstić information content (AvgIpc) is 3.49. The second kappa shape index (κ2) is 11.1. The van der Waals surface area contributed by atoms with Gasteiger partial charge in [-0.15, -0.1) is 10.2 Å². The van der Waals surface area contributed by atoms with E-state index in [4.69, 9.17) is 9.26 Å². The lowest BCUT2D eigenvalue weighted by atomic mass is 10.1. The summed E-state index contributed by atoms with van der Waals surface area (Å²) in [4.78, 5) is 12.5. The SMILES string of the molecule is CCCCOc1ccc(-c2cc(C(=O)Nc3nnc(SCc4ccc(F)cc4)s3)no2)cc1. The van der Waals surface area contributed by atoms with Crippen molar-refractivity contribution in [2.75, 3.05) is 11.9 Å². The molecule has 7 nitrogen and oxygen atoms in total. The fraction of sp³-hybridized carbons (Fsp3) is 0.217. The number of rotatable bonds is 10. The molecule has 4 aromatic rings. The molecule has 4 rings (SSSR count). The molecule has 0 fully saturated rings. The fourth-order valence-electron chi connectivity index (χ4n) is 2.77. The molecule has 0 aliphatic rings. The van der Waals surface area contributed by atoms with Crippen LogP contribution in [0.3, 0.4) is 0 Å². The Bertz CT molecular complexity index is 1190. The lowest BCUT2D eigenvalue weighted by Gasteiger charge is -2.05. The Morgan fingerprint density at radius 3 is 2.70 bits per heavy atom. The largest absolute Gasteiger partial charge is 0.494 e. The number of halogens is 1. The fourth-order valence-corrected chi connectivity index (χ4v) is 4.48. The van der Waals surface area contributed by atoms with Crippen LogP contribution in [0.4, 0.5) is 9.52 Å². The molecule has 2 heterocycles. The normalized spacial score (nSPS) is 10.8. The van der Waals surface area contributed by atoms with Gasteiger partial charge in [0.1, 0.15) is 11.6 Å². The third kappa shape index (κ3) is 6.39. The van der Waals surface area contributed by atoms with Crippen molar-refractivity contribution >= 4 is 34.1 Å². The molecule has 1 amide bonds. The summed E-state index contributed by atoms with van der Waals surface area (Å²) in [6.07, 6.45) is 2.08. The van der Waals surface area contributed by atoms with Gasteiger partial charge >= 0.3 is 0 Å². The highest BCUT2D eigenvalue weighted by molar-refractivity contribution is 8.00. The summed E-state index contributed by atoms with van der Waals surface area (Å²) in [6, 6.07) is 15.3. The zero-order chi connectivity index (χ0) is 23.0. The van der Waals surface area contributed by atoms with Crippen LogP contribution in [0.25, 0.3) is 11.3 Å². The number of thioether (sulfide) groups is 1. The molecular formula is C23H21FN4O3S2. The number of benzene rings is 2. The van der Waals surface area contributed by atoms with Crippen molar-refractivity contribution in [1.29, 1.82) is 0 Å². The molecule has 2 aromatic heterocycles. The molecule has 0 unspecified atom stereocenters. The summed E-state index contributed by atoms with van der Waals surface area (Å²) >= 11 is 2.71. The summed E-state index contributed by atoms with van der Waals surface area (Å²) in [5.41, 5.74) is 1.90. The van der Waals surface area contributed by atoms with Crippen molar-refractivity contribution in [3.8, 4) is 17.1 Å². The van der Waals surface area contributed by atoms with Gasteiger partial charge in [0, 0.05) is 17.4 Å². The summed E-state index contributed by atoms with van der Waals surface area (Å²) < 4.78 is 24.7. The lowest BCUT2D eigenvalue weighted by Crippen LogP contribution is -2.11. The maximum Gasteiger partial charge on any atom is 0.279 e. The number of anilines is 1. The molecular weight excluding hydrogens is 463 g/mol. The summed E-state index contributed by atoms with van der Waals surface area (Å²) in [5.74, 6) is 1.18. The van der Waals surface area contributed by atoms with E-state index in [2.05, 4.69) is 27.6 Å². The standard InChI is InChI=1S/C23H21FN4O3S2/c1-2-3-12-30-18-10-6-16(7-11-18)20-13-19(28-31-20)21(29)25-22-26-27-23(33-22)32-14-15-4-8-17(24)9-5-15/h4-11,13H,2-3,12,14H2,1H3,(H,25,26,29). The van der Waals surface area contributed by atoms with Gasteiger partial charge in [-0.05, 0) is 48.4 Å². The first-order valence-corrected chi connectivity index (χ1v) is 12.1. The zero-order valence-corrected chi connectivity index (χ0v) is 19.4. The third-order valence-electron chi connectivity index (χ3n) is 4.55. The maximum absolute atomic E-state index is 13.0. The quantitative estimate of drug-likeness (QED) is 0.166. The third-order valence-corrected chi connectivity index (χ3v) is 6.59. The van der Waals surface area contributed by atoms with Crippen molar-refractivity contribution < 1.29 is 18.4 Å². The number of aromatic nitrogens is 3. The van der Waals surface area contributed by atoms with E-state index in [-0.39, 0.29) is 11.5 Å². The Balaban J connectivity index is 1.32. The van der Waals surface area contributed by atoms with Crippen molar-refractivity contribution in [2.24, 2.45) is 0 Å². The molecule has 0 aliphatic carbocycles. The van der Waals surface area contributed by atoms with Gasteiger partial charge < -0.3 is 9.26 Å². The summed E-state index contributed by atoms with van der Waals surface area (Å²) in [6.45, 7) is 2.80. The zero-order valence-electron chi connectivity index (χ0n) is 17.8. The van der Waals surface area contributed by atoms with Gasteiger partial charge in [0.15, 0.2) is 15.8 Å². The van der Waals surface area contributed by atoms with Gasteiger partial charge in [-0.3, -0.25) is 10.1 Å². The molecule has 0 saturated carbocycles. The Labute approximate surface area is 198 Å². The van der Waals surface area contributed by atoms with Crippen LogP contribution in [0.1, 0.15) is 35.8 Å². The van der Waals surface area contributed by atoms with E-state index in [0.717, 1.165) is 29.7 Å². The summed E-state index contributed by atoms with van der Waals surface area (Å²) in [7, 11) is 0. The van der Waals surface area contributed by atoms with E-state index in [9.17, 15) is 9.18 Å². The Kier molecular flexibility index (Phi) is 7.69. The number of ether oxygens (including phenoxy) is 1. The van der Waals surface area contributed by atoms with Crippen LogP contribution in [0.15, 0.2) is 63.5 Å². The van der Waals surface area contributed by atoms with Crippen LogP contribution in [0, 0.1) is 5.82 Å². The van der Waals surface area contributed by atoms with E-state index < -0.39 is 5.91 Å². The van der Waals surface area contributed by atoms with E-state index in [1.807, 2.05) is 24.3 Å². The van der Waals surface area contributed by atoms with Crippen LogP contribution < -0.4 is 10.1 Å². The van der Waals surface area contributed by atoms with Crippen LogP contribution in [-0.4, -0.2) is 27.9 Å². The molecule has 0 spiro atoms. The first-order chi connectivity index (χ1) is 16.1. The number of nitrogens with zero attached hydrogens (tertiary/aromatic N) is 3. The van der Waals surface area contributed by atoms with Crippen LogP contribution in [0.5, 0.6) is 5.75 Å². The predicted octanol–water partition coefficient (Wildman–Crippen LogP) is 6.06. The first-order valence-electron chi connectivity index (χ1n) is 10.3. The second-order valence-electron chi connectivity index (χ2n) is 7.05. The van der Waals surface area contributed by atoms with E-state index in [1.165, 1.54) is 35.2 Å². The smallest absolute Gasteiger partial charge is 0.279 e. The molecule has 33 heavy (non-hydrogen) atoms. The van der Waals surface area contributed by atoms with Gasteiger partial charge in [0.05, 0.1) is 6.61 Å². The molecule has 1 N–H and O–H groups in total. The molecule has 0 radical (unpaired) electrons. The van der Waals surface area contributed by atoms with Crippen LogP contribution in [0.2, 0.25) is 0 Å². The molecule has 0 atom stereocenters. The molecule has 0 bridgehead atoms. The number of amides is 1. The minimum absolute atomic E-state index is 0.143. The average molecular weight is 485 g/mol. The lowest BCUT2D eigenvalue weighted by molar-refractivity contribution is 0.101. The highest BCUT2D eigenvalue weighted by Gasteiger charge is 2.16. The van der Waals surface area contributed by atoms with Crippen molar-refractivity contribution in [2.45, 2.75) is 29.9 Å². The van der Waals surface area contributed by atoms with Crippen LogP contribution in [-0.2, 0) is 5.75 Å². The number of carbonyl (C=O) groups is 1. The van der Waals surface area contributed by atoms with Gasteiger partial charge in [0.2, 0.25) is 5.13 Å². The highest BCUT2D eigenvalue weighted by atomic mass is 32.2. The topological polar surface area (TPSA) is 90.1 Å². The van der Waals surface area contributed by atoms with Gasteiger partial charge in [0.25, 0.3) is 5.91 Å². The minimum Gasteiger partial charge on any atom is -0.494 e.